The van der Waals surface area contributed by atoms with Crippen molar-refractivity contribution in [3.8, 4) is 11.5 Å². The Balaban J connectivity index is 2.14. The predicted octanol–water partition coefficient (Wildman–Crippen LogP) is 4.53. The van der Waals surface area contributed by atoms with E-state index in [2.05, 4.69) is 12.1 Å². The van der Waals surface area contributed by atoms with E-state index < -0.39 is 0 Å². The van der Waals surface area contributed by atoms with E-state index in [1.54, 1.807) is 14.2 Å². The van der Waals surface area contributed by atoms with Crippen molar-refractivity contribution in [2.24, 2.45) is 0 Å². The first kappa shape index (κ1) is 14.7. The van der Waals surface area contributed by atoms with Crippen LogP contribution in [0.25, 0.3) is 0 Å². The molecular formula is C17H19ClO2. The van der Waals surface area contributed by atoms with Crippen LogP contribution in [0.3, 0.4) is 0 Å². The topological polar surface area (TPSA) is 18.5 Å². The fourth-order valence-corrected chi connectivity index (χ4v) is 2.53. The summed E-state index contributed by atoms with van der Waals surface area (Å²) in [5.74, 6) is 1.75. The van der Waals surface area contributed by atoms with Crippen molar-refractivity contribution in [3.05, 3.63) is 59.2 Å². The van der Waals surface area contributed by atoms with Gasteiger partial charge >= 0.3 is 0 Å². The molecule has 2 aromatic rings. The molecule has 3 heteroatoms. The molecule has 0 fully saturated rings. The number of hydrogen-bond acceptors (Lipinski definition) is 2. The Morgan fingerprint density at radius 1 is 1.05 bits per heavy atom. The molecule has 0 aliphatic heterocycles. The second kappa shape index (κ2) is 6.67. The Morgan fingerprint density at radius 2 is 1.85 bits per heavy atom. The van der Waals surface area contributed by atoms with Gasteiger partial charge in [-0.15, -0.1) is 11.6 Å². The summed E-state index contributed by atoms with van der Waals surface area (Å²) < 4.78 is 10.5. The van der Waals surface area contributed by atoms with Crippen LogP contribution in [0.15, 0.2) is 42.5 Å². The summed E-state index contributed by atoms with van der Waals surface area (Å²) in [6.07, 6.45) is 0.768. The lowest BCUT2D eigenvalue weighted by atomic mass is 10.0. The lowest BCUT2D eigenvalue weighted by Crippen LogP contribution is -1.98. The minimum Gasteiger partial charge on any atom is -0.497 e. The van der Waals surface area contributed by atoms with Gasteiger partial charge < -0.3 is 9.47 Å². The Kier molecular flexibility index (Phi) is 4.91. The fraction of sp³-hybridized carbons (Fsp3) is 0.294. The third-order valence-electron chi connectivity index (χ3n) is 3.33. The van der Waals surface area contributed by atoms with Crippen LogP contribution >= 0.6 is 11.6 Å². The summed E-state index contributed by atoms with van der Waals surface area (Å²) in [6.45, 7) is 2.03. The first-order chi connectivity index (χ1) is 9.63. The average molecular weight is 291 g/mol. The highest BCUT2D eigenvalue weighted by Crippen LogP contribution is 2.29. The van der Waals surface area contributed by atoms with Crippen LogP contribution in [-0.4, -0.2) is 14.2 Å². The van der Waals surface area contributed by atoms with Gasteiger partial charge in [0.15, 0.2) is 0 Å². The number of halogens is 1. The Labute approximate surface area is 125 Å². The summed E-state index contributed by atoms with van der Waals surface area (Å²) in [5.41, 5.74) is 3.37. The van der Waals surface area contributed by atoms with Crippen LogP contribution in [-0.2, 0) is 6.42 Å². The minimum absolute atomic E-state index is 0.0632. The van der Waals surface area contributed by atoms with Crippen molar-refractivity contribution in [2.45, 2.75) is 18.7 Å². The van der Waals surface area contributed by atoms with Crippen molar-refractivity contribution in [2.75, 3.05) is 14.2 Å². The molecule has 0 aromatic heterocycles. The highest BCUT2D eigenvalue weighted by molar-refractivity contribution is 6.20. The minimum atomic E-state index is -0.0632. The predicted molar refractivity (Wildman–Crippen MR) is 83.0 cm³/mol. The Morgan fingerprint density at radius 3 is 2.50 bits per heavy atom. The maximum absolute atomic E-state index is 6.52. The highest BCUT2D eigenvalue weighted by atomic mass is 35.5. The smallest absolute Gasteiger partial charge is 0.121 e. The normalized spacial score (nSPS) is 12.0. The maximum Gasteiger partial charge on any atom is 0.121 e. The number of benzene rings is 2. The molecule has 0 radical (unpaired) electrons. The van der Waals surface area contributed by atoms with Crippen molar-refractivity contribution >= 4 is 11.6 Å². The molecule has 1 atom stereocenters. The lowest BCUT2D eigenvalue weighted by Gasteiger charge is -2.13. The van der Waals surface area contributed by atoms with E-state index in [0.29, 0.717) is 0 Å². The van der Waals surface area contributed by atoms with Gasteiger partial charge in [-0.25, -0.2) is 0 Å². The van der Waals surface area contributed by atoms with Crippen molar-refractivity contribution < 1.29 is 9.47 Å². The zero-order chi connectivity index (χ0) is 14.5. The molecule has 2 aromatic carbocycles. The molecule has 0 saturated carbocycles. The highest BCUT2D eigenvalue weighted by Gasteiger charge is 2.11. The molecule has 0 aliphatic rings. The lowest BCUT2D eigenvalue weighted by molar-refractivity contribution is 0.411. The largest absolute Gasteiger partial charge is 0.497 e. The SMILES string of the molecule is COc1cccc(CC(Cl)c2ccc(OC)c(C)c2)c1. The number of hydrogen-bond donors (Lipinski definition) is 0. The van der Waals surface area contributed by atoms with Crippen LogP contribution in [0, 0.1) is 6.92 Å². The van der Waals surface area contributed by atoms with E-state index >= 15 is 0 Å². The van der Waals surface area contributed by atoms with E-state index in [0.717, 1.165) is 34.6 Å². The Bertz CT molecular complexity index is 581. The molecule has 0 N–H and O–H groups in total. The Hall–Kier alpha value is -1.67. The molecule has 0 heterocycles. The molecule has 20 heavy (non-hydrogen) atoms. The van der Waals surface area contributed by atoms with Gasteiger partial charge in [0.2, 0.25) is 0 Å². The number of ether oxygens (including phenoxy) is 2. The van der Waals surface area contributed by atoms with E-state index in [1.165, 1.54) is 0 Å². The van der Waals surface area contributed by atoms with E-state index in [1.807, 2.05) is 37.3 Å². The first-order valence-electron chi connectivity index (χ1n) is 6.55. The van der Waals surface area contributed by atoms with Gasteiger partial charge in [-0.2, -0.15) is 0 Å². The third-order valence-corrected chi connectivity index (χ3v) is 3.74. The van der Waals surface area contributed by atoms with Crippen LogP contribution in [0.2, 0.25) is 0 Å². The summed E-state index contributed by atoms with van der Waals surface area (Å²) >= 11 is 6.52. The third kappa shape index (κ3) is 3.45. The number of aryl methyl sites for hydroxylation is 1. The molecule has 0 spiro atoms. The maximum atomic E-state index is 6.52. The van der Waals surface area contributed by atoms with E-state index in [-0.39, 0.29) is 5.38 Å². The number of alkyl halides is 1. The first-order valence-corrected chi connectivity index (χ1v) is 6.99. The average Bonchev–Trinajstić information content (AvgIpc) is 2.47. The van der Waals surface area contributed by atoms with Gasteiger partial charge in [0, 0.05) is 0 Å². The number of rotatable bonds is 5. The molecule has 2 nitrogen and oxygen atoms in total. The van der Waals surface area contributed by atoms with Gasteiger partial charge in [0.1, 0.15) is 11.5 Å². The molecule has 0 saturated heterocycles. The van der Waals surface area contributed by atoms with Crippen LogP contribution in [0.4, 0.5) is 0 Å². The summed E-state index contributed by atoms with van der Waals surface area (Å²) in [4.78, 5) is 0. The summed E-state index contributed by atoms with van der Waals surface area (Å²) in [5, 5.41) is -0.0632. The summed E-state index contributed by atoms with van der Waals surface area (Å²) in [7, 11) is 3.35. The standard InChI is InChI=1S/C17H19ClO2/c1-12-9-14(7-8-17(12)20-3)16(18)11-13-5-4-6-15(10-13)19-2/h4-10,16H,11H2,1-3H3. The van der Waals surface area contributed by atoms with Crippen molar-refractivity contribution in [1.29, 1.82) is 0 Å². The van der Waals surface area contributed by atoms with Crippen LogP contribution < -0.4 is 9.47 Å². The molecule has 106 valence electrons. The summed E-state index contributed by atoms with van der Waals surface area (Å²) in [6, 6.07) is 14.1. The zero-order valence-electron chi connectivity index (χ0n) is 12.0. The van der Waals surface area contributed by atoms with Crippen LogP contribution in [0.5, 0.6) is 11.5 Å². The second-order valence-electron chi connectivity index (χ2n) is 4.75. The molecule has 0 aliphatic carbocycles. The van der Waals surface area contributed by atoms with E-state index in [9.17, 15) is 0 Å². The second-order valence-corrected chi connectivity index (χ2v) is 5.28. The molecule has 0 amide bonds. The van der Waals surface area contributed by atoms with Gasteiger partial charge in [0.05, 0.1) is 19.6 Å². The van der Waals surface area contributed by atoms with Crippen molar-refractivity contribution in [1.82, 2.24) is 0 Å². The quantitative estimate of drug-likeness (QED) is 0.753. The number of methoxy groups -OCH3 is 2. The molecule has 0 bridgehead atoms. The zero-order valence-corrected chi connectivity index (χ0v) is 12.8. The molecule has 2 rings (SSSR count). The van der Waals surface area contributed by atoms with Gasteiger partial charge in [-0.3, -0.25) is 0 Å². The van der Waals surface area contributed by atoms with Gasteiger partial charge in [-0.1, -0.05) is 24.3 Å². The van der Waals surface area contributed by atoms with Gasteiger partial charge in [-0.05, 0) is 48.2 Å². The van der Waals surface area contributed by atoms with E-state index in [4.69, 9.17) is 21.1 Å². The van der Waals surface area contributed by atoms with Crippen molar-refractivity contribution in [3.63, 3.8) is 0 Å². The van der Waals surface area contributed by atoms with Gasteiger partial charge in [0.25, 0.3) is 0 Å². The fourth-order valence-electron chi connectivity index (χ4n) is 2.22. The van der Waals surface area contributed by atoms with Crippen LogP contribution in [0.1, 0.15) is 22.1 Å². The molecular weight excluding hydrogens is 272 g/mol. The molecule has 1 unspecified atom stereocenters. The monoisotopic (exact) mass is 290 g/mol.